The smallest absolute Gasteiger partial charge is 0.111 e. The van der Waals surface area contributed by atoms with Gasteiger partial charge in [-0.3, -0.25) is 0 Å². The predicted octanol–water partition coefficient (Wildman–Crippen LogP) is 5.63. The maximum atomic E-state index is 6.18. The fourth-order valence-corrected chi connectivity index (χ4v) is 2.84. The minimum absolute atomic E-state index is 0.555. The molecule has 0 aliphatic heterocycles. The second-order valence-corrected chi connectivity index (χ2v) is 5.87. The van der Waals surface area contributed by atoms with E-state index in [2.05, 4.69) is 9.97 Å². The van der Waals surface area contributed by atoms with Crippen molar-refractivity contribution in [3.05, 3.63) is 75.1 Å². The predicted molar refractivity (Wildman–Crippen MR) is 88.3 cm³/mol. The molecule has 0 saturated heterocycles. The summed E-state index contributed by atoms with van der Waals surface area (Å²) in [6, 6.07) is 13.1. The van der Waals surface area contributed by atoms with Gasteiger partial charge >= 0.3 is 0 Å². The molecule has 5 heteroatoms. The van der Waals surface area contributed by atoms with Crippen molar-refractivity contribution in [1.29, 1.82) is 0 Å². The number of aromatic amines is 1. The summed E-state index contributed by atoms with van der Waals surface area (Å²) < 4.78 is 0. The van der Waals surface area contributed by atoms with Crippen molar-refractivity contribution in [2.75, 3.05) is 0 Å². The number of nitrogens with zero attached hydrogens (tertiary/aromatic N) is 1. The van der Waals surface area contributed by atoms with Gasteiger partial charge in [0.15, 0.2) is 0 Å². The number of nitrogens with one attached hydrogen (secondary N) is 1. The van der Waals surface area contributed by atoms with Gasteiger partial charge in [-0.2, -0.15) is 0 Å². The van der Waals surface area contributed by atoms with E-state index in [0.717, 1.165) is 22.6 Å². The molecule has 0 aliphatic rings. The lowest BCUT2D eigenvalue weighted by molar-refractivity contribution is 1.03. The number of hydrogen-bond donors (Lipinski definition) is 1. The van der Waals surface area contributed by atoms with Gasteiger partial charge in [0, 0.05) is 33.2 Å². The molecule has 1 aromatic heterocycles. The highest BCUT2D eigenvalue weighted by Crippen LogP contribution is 2.27. The highest BCUT2D eigenvalue weighted by Gasteiger charge is 2.10. The lowest BCUT2D eigenvalue weighted by Crippen LogP contribution is -1.93. The zero-order valence-electron chi connectivity index (χ0n) is 10.9. The minimum Gasteiger partial charge on any atom is -0.348 e. The molecule has 1 N–H and O–H groups in total. The van der Waals surface area contributed by atoms with Crippen molar-refractivity contribution in [3.8, 4) is 11.3 Å². The van der Waals surface area contributed by atoms with Crippen molar-refractivity contribution in [1.82, 2.24) is 9.97 Å². The first-order valence-corrected chi connectivity index (χ1v) is 7.50. The average molecular weight is 338 g/mol. The summed E-state index contributed by atoms with van der Waals surface area (Å²) in [6.45, 7) is 0. The standard InChI is InChI=1S/C16H11Cl3N2/c17-11-4-1-3-10(7-11)15-9-20-16(21-15)8-12-13(18)5-2-6-14(12)19/h1-7,9H,8H2,(H,20,21). The summed E-state index contributed by atoms with van der Waals surface area (Å²) in [4.78, 5) is 7.72. The first-order chi connectivity index (χ1) is 10.1. The Kier molecular flexibility index (Phi) is 4.20. The maximum Gasteiger partial charge on any atom is 0.111 e. The summed E-state index contributed by atoms with van der Waals surface area (Å²) in [7, 11) is 0. The van der Waals surface area contributed by atoms with E-state index in [0.29, 0.717) is 21.5 Å². The number of hydrogen-bond acceptors (Lipinski definition) is 1. The number of H-pyrrole nitrogens is 1. The van der Waals surface area contributed by atoms with Crippen LogP contribution < -0.4 is 0 Å². The lowest BCUT2D eigenvalue weighted by atomic mass is 10.1. The van der Waals surface area contributed by atoms with Crippen molar-refractivity contribution in [2.45, 2.75) is 6.42 Å². The molecule has 3 aromatic rings. The largest absolute Gasteiger partial charge is 0.348 e. The Bertz CT molecular complexity index is 760. The van der Waals surface area contributed by atoms with E-state index in [-0.39, 0.29) is 0 Å². The normalized spacial score (nSPS) is 10.8. The number of halogens is 3. The summed E-state index contributed by atoms with van der Waals surface area (Å²) in [6.07, 6.45) is 2.41. The van der Waals surface area contributed by atoms with Gasteiger partial charge in [0.1, 0.15) is 5.82 Å². The van der Waals surface area contributed by atoms with E-state index in [9.17, 15) is 0 Å². The Morgan fingerprint density at radius 1 is 0.952 bits per heavy atom. The molecular weight excluding hydrogens is 327 g/mol. The number of imidazole rings is 1. The Hall–Kier alpha value is -1.48. The third-order valence-corrected chi connectivity index (χ3v) is 4.10. The lowest BCUT2D eigenvalue weighted by Gasteiger charge is -2.04. The molecule has 0 atom stereocenters. The second kappa shape index (κ2) is 6.10. The van der Waals surface area contributed by atoms with E-state index >= 15 is 0 Å². The van der Waals surface area contributed by atoms with Crippen molar-refractivity contribution in [2.24, 2.45) is 0 Å². The van der Waals surface area contributed by atoms with E-state index in [4.69, 9.17) is 34.8 Å². The van der Waals surface area contributed by atoms with E-state index in [1.807, 2.05) is 48.7 Å². The van der Waals surface area contributed by atoms with Gasteiger partial charge in [-0.15, -0.1) is 0 Å². The Morgan fingerprint density at radius 2 is 1.67 bits per heavy atom. The van der Waals surface area contributed by atoms with Crippen LogP contribution in [0.5, 0.6) is 0 Å². The van der Waals surface area contributed by atoms with Crippen LogP contribution in [0.3, 0.4) is 0 Å². The summed E-state index contributed by atoms with van der Waals surface area (Å²) in [5.74, 6) is 0.806. The van der Waals surface area contributed by atoms with Crippen LogP contribution in [-0.4, -0.2) is 9.97 Å². The third kappa shape index (κ3) is 3.24. The first-order valence-electron chi connectivity index (χ1n) is 6.36. The van der Waals surface area contributed by atoms with Crippen LogP contribution in [-0.2, 0) is 6.42 Å². The molecule has 0 bridgehead atoms. The SMILES string of the molecule is Clc1cccc(-c2c[nH]c(Cc3c(Cl)cccc3Cl)n2)c1. The number of benzene rings is 2. The molecule has 1 heterocycles. The Balaban J connectivity index is 1.89. The molecule has 21 heavy (non-hydrogen) atoms. The quantitative estimate of drug-likeness (QED) is 0.659. The van der Waals surface area contributed by atoms with Gasteiger partial charge in [0.25, 0.3) is 0 Å². The van der Waals surface area contributed by atoms with Crippen LogP contribution in [0.4, 0.5) is 0 Å². The van der Waals surface area contributed by atoms with E-state index in [1.54, 1.807) is 0 Å². The van der Waals surface area contributed by atoms with Gasteiger partial charge < -0.3 is 4.98 Å². The van der Waals surface area contributed by atoms with Gasteiger partial charge in [-0.05, 0) is 29.8 Å². The zero-order chi connectivity index (χ0) is 14.8. The molecule has 0 aliphatic carbocycles. The molecule has 0 fully saturated rings. The van der Waals surface area contributed by atoms with Crippen molar-refractivity contribution < 1.29 is 0 Å². The third-order valence-electron chi connectivity index (χ3n) is 3.16. The van der Waals surface area contributed by atoms with Crippen LogP contribution in [0.15, 0.2) is 48.7 Å². The highest BCUT2D eigenvalue weighted by atomic mass is 35.5. The van der Waals surface area contributed by atoms with Gasteiger partial charge in [-0.25, -0.2) is 4.98 Å². The van der Waals surface area contributed by atoms with Crippen LogP contribution in [0.2, 0.25) is 15.1 Å². The summed E-state index contributed by atoms with van der Waals surface area (Å²) in [5.41, 5.74) is 2.68. The van der Waals surface area contributed by atoms with Gasteiger partial charge in [0.05, 0.1) is 5.69 Å². The number of rotatable bonds is 3. The molecule has 2 nitrogen and oxygen atoms in total. The monoisotopic (exact) mass is 336 g/mol. The summed E-state index contributed by atoms with van der Waals surface area (Å²) in [5, 5.41) is 1.97. The number of aromatic nitrogens is 2. The van der Waals surface area contributed by atoms with Crippen LogP contribution in [0.1, 0.15) is 11.4 Å². The molecular formula is C16H11Cl3N2. The van der Waals surface area contributed by atoms with E-state index in [1.165, 1.54) is 0 Å². The fraction of sp³-hybridized carbons (Fsp3) is 0.0625. The molecule has 0 saturated carbocycles. The van der Waals surface area contributed by atoms with Crippen LogP contribution >= 0.6 is 34.8 Å². The molecule has 0 spiro atoms. The maximum absolute atomic E-state index is 6.18. The van der Waals surface area contributed by atoms with Crippen LogP contribution in [0.25, 0.3) is 11.3 Å². The first kappa shape index (κ1) is 14.5. The molecule has 0 unspecified atom stereocenters. The average Bonchev–Trinajstić information content (AvgIpc) is 2.92. The second-order valence-electron chi connectivity index (χ2n) is 4.62. The van der Waals surface area contributed by atoms with Crippen LogP contribution in [0, 0.1) is 0 Å². The van der Waals surface area contributed by atoms with E-state index < -0.39 is 0 Å². The van der Waals surface area contributed by atoms with Gasteiger partial charge in [-0.1, -0.05) is 53.0 Å². The fourth-order valence-electron chi connectivity index (χ4n) is 2.12. The van der Waals surface area contributed by atoms with Crippen molar-refractivity contribution >= 4 is 34.8 Å². The Labute approximate surface area is 137 Å². The Morgan fingerprint density at radius 3 is 2.38 bits per heavy atom. The molecule has 2 aromatic carbocycles. The molecule has 0 amide bonds. The van der Waals surface area contributed by atoms with Crippen molar-refractivity contribution in [3.63, 3.8) is 0 Å². The summed E-state index contributed by atoms with van der Waals surface area (Å²) >= 11 is 18.4. The molecule has 0 radical (unpaired) electrons. The minimum atomic E-state index is 0.555. The molecule has 3 rings (SSSR count). The van der Waals surface area contributed by atoms with Gasteiger partial charge in [0.2, 0.25) is 0 Å². The zero-order valence-corrected chi connectivity index (χ0v) is 13.2. The molecule has 106 valence electrons. The topological polar surface area (TPSA) is 28.7 Å². The highest BCUT2D eigenvalue weighted by molar-refractivity contribution is 6.36.